The first kappa shape index (κ1) is 13.0. The van der Waals surface area contributed by atoms with Crippen molar-refractivity contribution in [3.05, 3.63) is 24.3 Å². The van der Waals surface area contributed by atoms with Crippen molar-refractivity contribution in [1.29, 1.82) is 0 Å². The van der Waals surface area contributed by atoms with Crippen LogP contribution in [-0.2, 0) is 17.3 Å². The molecule has 0 aromatic heterocycles. The summed E-state index contributed by atoms with van der Waals surface area (Å²) >= 11 is 0.847. The molecule has 0 amide bonds. The molecule has 0 aliphatic rings. The Kier molecular flexibility index (Phi) is 15.8. The van der Waals surface area contributed by atoms with Crippen LogP contribution >= 0.6 is 9.69 Å². The summed E-state index contributed by atoms with van der Waals surface area (Å²) in [5, 5.41) is 0. The Hall–Kier alpha value is 0.393. The van der Waals surface area contributed by atoms with Crippen molar-refractivity contribution in [2.24, 2.45) is 5.92 Å². The Morgan fingerprint density at radius 1 is 1.50 bits per heavy atom. The summed E-state index contributed by atoms with van der Waals surface area (Å²) in [6.07, 6.45) is 9.21. The second-order valence-corrected chi connectivity index (χ2v) is 1.84. The van der Waals surface area contributed by atoms with Crippen LogP contribution in [0.1, 0.15) is 20.8 Å². The van der Waals surface area contributed by atoms with Gasteiger partial charge in [-0.3, -0.25) is 6.08 Å². The van der Waals surface area contributed by atoms with E-state index >= 15 is 0 Å². The normalized spacial score (nSPS) is 13.4. The van der Waals surface area contributed by atoms with Gasteiger partial charge in [0.1, 0.15) is 0 Å². The van der Waals surface area contributed by atoms with Crippen molar-refractivity contribution >= 4 is 9.69 Å². The van der Waals surface area contributed by atoms with Gasteiger partial charge in [-0.2, -0.15) is 6.92 Å². The molecule has 0 spiro atoms. The molecule has 0 aromatic rings. The Balaban J connectivity index is 0. The van der Waals surface area contributed by atoms with Crippen LogP contribution in [0.2, 0.25) is 0 Å². The van der Waals surface area contributed by atoms with Crippen molar-refractivity contribution in [3.63, 3.8) is 0 Å². The molecular formula is C8H13ClZn. The molecule has 1 atom stereocenters. The van der Waals surface area contributed by atoms with Crippen molar-refractivity contribution in [2.45, 2.75) is 20.8 Å². The maximum atomic E-state index is 4.76. The van der Waals surface area contributed by atoms with E-state index in [4.69, 9.17) is 9.69 Å². The number of hydrogen-bond donors (Lipinski definition) is 0. The number of rotatable bonds is 2. The van der Waals surface area contributed by atoms with E-state index in [2.05, 4.69) is 25.2 Å². The summed E-state index contributed by atoms with van der Waals surface area (Å²) in [4.78, 5) is 0. The molecule has 0 bridgehead atoms. The molecule has 10 heavy (non-hydrogen) atoms. The predicted octanol–water partition coefficient (Wildman–Crippen LogP) is 3.26. The maximum absolute atomic E-state index is 4.76. The fourth-order valence-electron chi connectivity index (χ4n) is 0.622. The van der Waals surface area contributed by atoms with Crippen LogP contribution in [0, 0.1) is 12.0 Å². The summed E-state index contributed by atoms with van der Waals surface area (Å²) < 4.78 is 0. The molecule has 0 rings (SSSR count). The first-order valence-electron chi connectivity index (χ1n) is 3.21. The zero-order valence-corrected chi connectivity index (χ0v) is 10.6. The molecular weight excluding hydrogens is 197 g/mol. The summed E-state index contributed by atoms with van der Waals surface area (Å²) in [5.41, 5.74) is 0. The van der Waals surface area contributed by atoms with Crippen molar-refractivity contribution in [3.8, 4) is 0 Å². The molecule has 0 unspecified atom stereocenters. The Morgan fingerprint density at radius 2 is 2.00 bits per heavy atom. The minimum atomic E-state index is 0.546. The monoisotopic (exact) mass is 208 g/mol. The van der Waals surface area contributed by atoms with Gasteiger partial charge in [-0.05, 0) is 12.8 Å². The van der Waals surface area contributed by atoms with Gasteiger partial charge in [-0.25, -0.2) is 0 Å². The van der Waals surface area contributed by atoms with Gasteiger partial charge in [-0.1, -0.05) is 19.1 Å². The van der Waals surface area contributed by atoms with E-state index < -0.39 is 0 Å². The Morgan fingerprint density at radius 3 is 2.30 bits per heavy atom. The van der Waals surface area contributed by atoms with Gasteiger partial charge < -0.3 is 6.08 Å². The predicted molar refractivity (Wildman–Crippen MR) is 43.3 cm³/mol. The molecule has 2 heteroatoms. The molecule has 0 nitrogen and oxygen atoms in total. The summed E-state index contributed by atoms with van der Waals surface area (Å²) in [6, 6.07) is 0. The molecule has 0 aliphatic carbocycles. The van der Waals surface area contributed by atoms with Crippen molar-refractivity contribution in [2.75, 3.05) is 0 Å². The molecule has 0 aromatic carbocycles. The molecule has 0 aliphatic heterocycles. The van der Waals surface area contributed by atoms with E-state index in [0.717, 1.165) is 17.3 Å². The van der Waals surface area contributed by atoms with Crippen LogP contribution in [0.15, 0.2) is 18.2 Å². The molecule has 0 heterocycles. The topological polar surface area (TPSA) is 0 Å². The standard InChI is InChI=1S/C8H13.ClH.Zn/c1-4-6-8(3)7-5-2;;/h4,6-8H,1-3H3;1H;/q-1;;+2/p-1/b6-4+;;/t8-;;/m1../s1. The fourth-order valence-corrected chi connectivity index (χ4v) is 0.622. The zero-order valence-electron chi connectivity index (χ0n) is 6.89. The van der Waals surface area contributed by atoms with E-state index in [1.807, 2.05) is 19.9 Å². The molecule has 0 saturated carbocycles. The zero-order chi connectivity index (χ0) is 8.41. The molecule has 0 saturated heterocycles. The first-order chi connectivity index (χ1) is 4.81. The van der Waals surface area contributed by atoms with E-state index in [-0.39, 0.29) is 0 Å². The number of hydrogen-bond acceptors (Lipinski definition) is 0. The van der Waals surface area contributed by atoms with Crippen LogP contribution in [0.3, 0.4) is 0 Å². The van der Waals surface area contributed by atoms with Crippen LogP contribution in [0.4, 0.5) is 0 Å². The molecule has 54 valence electrons. The van der Waals surface area contributed by atoms with Crippen LogP contribution in [0.5, 0.6) is 0 Å². The van der Waals surface area contributed by atoms with Crippen LogP contribution in [0.25, 0.3) is 0 Å². The van der Waals surface area contributed by atoms with E-state index in [9.17, 15) is 0 Å². The van der Waals surface area contributed by atoms with Gasteiger partial charge in [-0.15, -0.1) is 0 Å². The van der Waals surface area contributed by atoms with Crippen molar-refractivity contribution in [1.82, 2.24) is 0 Å². The van der Waals surface area contributed by atoms with Gasteiger partial charge in [0.05, 0.1) is 0 Å². The molecule has 0 N–H and O–H groups in total. The molecule has 0 radical (unpaired) electrons. The van der Waals surface area contributed by atoms with Crippen LogP contribution < -0.4 is 0 Å². The summed E-state index contributed by atoms with van der Waals surface area (Å²) in [7, 11) is 4.76. The summed E-state index contributed by atoms with van der Waals surface area (Å²) in [6.45, 7) is 6.08. The average molecular weight is 210 g/mol. The van der Waals surface area contributed by atoms with E-state index in [1.165, 1.54) is 0 Å². The quantitative estimate of drug-likeness (QED) is 0.372. The van der Waals surface area contributed by atoms with Crippen molar-refractivity contribution < 1.29 is 17.3 Å². The second-order valence-electron chi connectivity index (χ2n) is 1.84. The minimum absolute atomic E-state index is 0.546. The second kappa shape index (κ2) is 12.1. The van der Waals surface area contributed by atoms with E-state index in [1.54, 1.807) is 0 Å². The Labute approximate surface area is 78.1 Å². The third-order valence-electron chi connectivity index (χ3n) is 0.926. The number of allylic oxidation sites excluding steroid dienone is 4. The average Bonchev–Trinajstić information content (AvgIpc) is 1.93. The van der Waals surface area contributed by atoms with Gasteiger partial charge in [0.15, 0.2) is 0 Å². The SMILES string of the molecule is C[C-]=C[C@H](C)/C=C/C.[Cl][Zn+]. The van der Waals surface area contributed by atoms with E-state index in [0.29, 0.717) is 5.92 Å². The van der Waals surface area contributed by atoms with Gasteiger partial charge in [0, 0.05) is 0 Å². The summed E-state index contributed by atoms with van der Waals surface area (Å²) in [5.74, 6) is 0.546. The van der Waals surface area contributed by atoms with Gasteiger partial charge in [0.25, 0.3) is 0 Å². The van der Waals surface area contributed by atoms with Crippen LogP contribution in [-0.4, -0.2) is 0 Å². The van der Waals surface area contributed by atoms with Gasteiger partial charge in [0.2, 0.25) is 0 Å². The first-order valence-corrected chi connectivity index (χ1v) is 7.11. The molecule has 0 fully saturated rings. The van der Waals surface area contributed by atoms with Gasteiger partial charge >= 0.3 is 27.0 Å². The number of halogens is 1. The fraction of sp³-hybridized carbons (Fsp3) is 0.500. The third kappa shape index (κ3) is 11.2. The Bertz CT molecular complexity index is 85.4. The third-order valence-corrected chi connectivity index (χ3v) is 0.926.